The van der Waals surface area contributed by atoms with Crippen molar-refractivity contribution >= 4 is 17.7 Å². The number of aromatic amines is 1. The summed E-state index contributed by atoms with van der Waals surface area (Å²) in [5.41, 5.74) is 3.59. The van der Waals surface area contributed by atoms with Crippen molar-refractivity contribution in [2.45, 2.75) is 31.8 Å². The van der Waals surface area contributed by atoms with Crippen molar-refractivity contribution in [3.8, 4) is 0 Å². The van der Waals surface area contributed by atoms with Crippen LogP contribution in [0.5, 0.6) is 0 Å². The van der Waals surface area contributed by atoms with Gasteiger partial charge in [-0.1, -0.05) is 0 Å². The number of thioether (sulfide) groups is 1. The van der Waals surface area contributed by atoms with Crippen molar-refractivity contribution in [2.75, 3.05) is 12.8 Å². The van der Waals surface area contributed by atoms with Gasteiger partial charge in [0.15, 0.2) is 0 Å². The van der Waals surface area contributed by atoms with Gasteiger partial charge in [-0.15, -0.1) is 11.8 Å². The number of amides is 1. The molecule has 1 aliphatic heterocycles. The van der Waals surface area contributed by atoms with Crippen LogP contribution in [0.2, 0.25) is 0 Å². The van der Waals surface area contributed by atoms with Gasteiger partial charge in [-0.3, -0.25) is 9.89 Å². The molecule has 0 saturated carbocycles. The molecule has 0 radical (unpaired) electrons. The molecule has 6 nitrogen and oxygen atoms in total. The molecule has 0 atom stereocenters. The normalized spacial score (nSPS) is 14.1. The molecule has 0 aromatic carbocycles. The largest absolute Gasteiger partial charge is 0.334 e. The van der Waals surface area contributed by atoms with Gasteiger partial charge in [0.05, 0.1) is 17.5 Å². The smallest absolute Gasteiger partial charge is 0.258 e. The van der Waals surface area contributed by atoms with Crippen LogP contribution in [-0.2, 0) is 13.0 Å². The van der Waals surface area contributed by atoms with Gasteiger partial charge in [0.25, 0.3) is 5.91 Å². The van der Waals surface area contributed by atoms with Crippen molar-refractivity contribution in [2.24, 2.45) is 0 Å². The fraction of sp³-hybridized carbons (Fsp3) is 0.429. The summed E-state index contributed by atoms with van der Waals surface area (Å²) >= 11 is 1.49. The molecule has 0 aliphatic carbocycles. The third-order valence-electron chi connectivity index (χ3n) is 3.66. The standard InChI is InChI=1S/C14H17N5OS/c1-8-12(13(21-3)17-9(2)16-8)14(20)19-5-4-11-10(7-19)6-15-18-11/h6H,4-5,7H2,1-3H3,(H,15,18). The van der Waals surface area contributed by atoms with E-state index in [0.717, 1.165) is 28.4 Å². The molecule has 110 valence electrons. The van der Waals surface area contributed by atoms with Gasteiger partial charge in [0, 0.05) is 30.8 Å². The summed E-state index contributed by atoms with van der Waals surface area (Å²) in [6.45, 7) is 5.00. The zero-order valence-electron chi connectivity index (χ0n) is 12.3. The topological polar surface area (TPSA) is 74.8 Å². The maximum absolute atomic E-state index is 12.8. The molecule has 0 bridgehead atoms. The van der Waals surface area contributed by atoms with Crippen molar-refractivity contribution in [3.05, 3.63) is 34.5 Å². The highest BCUT2D eigenvalue weighted by Crippen LogP contribution is 2.25. The van der Waals surface area contributed by atoms with Gasteiger partial charge < -0.3 is 4.90 Å². The molecule has 0 unspecified atom stereocenters. The summed E-state index contributed by atoms with van der Waals surface area (Å²) in [6.07, 6.45) is 4.53. The summed E-state index contributed by atoms with van der Waals surface area (Å²) in [5.74, 6) is 0.702. The SMILES string of the molecule is CSc1nc(C)nc(C)c1C(=O)N1CCc2[nH]ncc2C1. The third-order valence-corrected chi connectivity index (χ3v) is 4.35. The van der Waals surface area contributed by atoms with E-state index in [2.05, 4.69) is 20.2 Å². The Hall–Kier alpha value is -1.89. The summed E-state index contributed by atoms with van der Waals surface area (Å²) in [4.78, 5) is 23.4. The predicted octanol–water partition coefficient (Wildman–Crippen LogP) is 1.74. The van der Waals surface area contributed by atoms with Gasteiger partial charge in [-0.25, -0.2) is 9.97 Å². The number of H-pyrrole nitrogens is 1. The quantitative estimate of drug-likeness (QED) is 0.675. The number of hydrogen-bond acceptors (Lipinski definition) is 5. The second kappa shape index (κ2) is 5.48. The first-order valence-electron chi connectivity index (χ1n) is 6.79. The summed E-state index contributed by atoms with van der Waals surface area (Å²) in [7, 11) is 0. The van der Waals surface area contributed by atoms with Crippen molar-refractivity contribution in [1.29, 1.82) is 0 Å². The van der Waals surface area contributed by atoms with Crippen LogP contribution in [0.25, 0.3) is 0 Å². The van der Waals surface area contributed by atoms with Crippen molar-refractivity contribution in [1.82, 2.24) is 25.1 Å². The average Bonchev–Trinajstić information content (AvgIpc) is 2.93. The molecule has 3 rings (SSSR count). The van der Waals surface area contributed by atoms with E-state index in [4.69, 9.17) is 0 Å². The Kier molecular flexibility index (Phi) is 3.67. The lowest BCUT2D eigenvalue weighted by Crippen LogP contribution is -2.36. The van der Waals surface area contributed by atoms with Crippen LogP contribution in [0.4, 0.5) is 0 Å². The number of carbonyl (C=O) groups excluding carboxylic acids is 1. The number of aryl methyl sites for hydroxylation is 2. The Morgan fingerprint density at radius 2 is 2.19 bits per heavy atom. The average molecular weight is 303 g/mol. The van der Waals surface area contributed by atoms with Gasteiger partial charge in [-0.05, 0) is 20.1 Å². The van der Waals surface area contributed by atoms with Crippen LogP contribution in [0.15, 0.2) is 11.2 Å². The molecule has 1 aliphatic rings. The Bertz CT molecular complexity index is 697. The number of nitrogens with zero attached hydrogens (tertiary/aromatic N) is 4. The molecule has 0 fully saturated rings. The molecule has 0 saturated heterocycles. The van der Waals surface area contributed by atoms with E-state index >= 15 is 0 Å². The number of fused-ring (bicyclic) bond motifs is 1. The first-order valence-corrected chi connectivity index (χ1v) is 8.02. The minimum Gasteiger partial charge on any atom is -0.334 e. The molecular weight excluding hydrogens is 286 g/mol. The number of nitrogens with one attached hydrogen (secondary N) is 1. The Morgan fingerprint density at radius 3 is 2.95 bits per heavy atom. The van der Waals surface area contributed by atoms with Crippen LogP contribution >= 0.6 is 11.8 Å². The van der Waals surface area contributed by atoms with Gasteiger partial charge in [-0.2, -0.15) is 5.10 Å². The molecule has 0 spiro atoms. The summed E-state index contributed by atoms with van der Waals surface area (Å²) < 4.78 is 0. The first kappa shape index (κ1) is 14.1. The zero-order valence-corrected chi connectivity index (χ0v) is 13.1. The molecule has 7 heteroatoms. The highest BCUT2D eigenvalue weighted by Gasteiger charge is 2.26. The lowest BCUT2D eigenvalue weighted by Gasteiger charge is -2.27. The van der Waals surface area contributed by atoms with Crippen LogP contribution in [-0.4, -0.2) is 43.8 Å². The van der Waals surface area contributed by atoms with E-state index in [0.29, 0.717) is 24.5 Å². The van der Waals surface area contributed by atoms with Crippen LogP contribution < -0.4 is 0 Å². The van der Waals surface area contributed by atoms with Crippen LogP contribution in [0.3, 0.4) is 0 Å². The summed E-state index contributed by atoms with van der Waals surface area (Å²) in [5, 5.41) is 7.78. The Balaban J connectivity index is 1.93. The minimum absolute atomic E-state index is 0.00343. The number of aromatic nitrogens is 4. The Labute approximate surface area is 127 Å². The minimum atomic E-state index is 0.00343. The lowest BCUT2D eigenvalue weighted by atomic mass is 10.1. The van der Waals surface area contributed by atoms with Gasteiger partial charge in [0.1, 0.15) is 10.9 Å². The van der Waals surface area contributed by atoms with Gasteiger partial charge >= 0.3 is 0 Å². The fourth-order valence-corrected chi connectivity index (χ4v) is 3.29. The maximum atomic E-state index is 12.8. The number of carbonyl (C=O) groups is 1. The van der Waals surface area contributed by atoms with E-state index < -0.39 is 0 Å². The molecule has 3 heterocycles. The second-order valence-electron chi connectivity index (χ2n) is 5.09. The lowest BCUT2D eigenvalue weighted by molar-refractivity contribution is 0.0728. The van der Waals surface area contributed by atoms with E-state index in [9.17, 15) is 4.79 Å². The van der Waals surface area contributed by atoms with Crippen molar-refractivity contribution in [3.63, 3.8) is 0 Å². The first-order chi connectivity index (χ1) is 10.1. The predicted molar refractivity (Wildman–Crippen MR) is 80.3 cm³/mol. The Morgan fingerprint density at radius 1 is 1.38 bits per heavy atom. The van der Waals surface area contributed by atoms with E-state index in [1.165, 1.54) is 11.8 Å². The molecule has 2 aromatic rings. The molecular formula is C14H17N5OS. The molecule has 2 aromatic heterocycles. The number of rotatable bonds is 2. The maximum Gasteiger partial charge on any atom is 0.258 e. The van der Waals surface area contributed by atoms with Crippen molar-refractivity contribution < 1.29 is 4.79 Å². The van der Waals surface area contributed by atoms with E-state index in [-0.39, 0.29) is 5.91 Å². The molecule has 21 heavy (non-hydrogen) atoms. The van der Waals surface area contributed by atoms with E-state index in [1.54, 1.807) is 6.20 Å². The third kappa shape index (κ3) is 2.53. The monoisotopic (exact) mass is 303 g/mol. The highest BCUT2D eigenvalue weighted by atomic mass is 32.2. The van der Waals surface area contributed by atoms with E-state index in [1.807, 2.05) is 25.0 Å². The molecule has 1 amide bonds. The second-order valence-corrected chi connectivity index (χ2v) is 5.89. The fourth-order valence-electron chi connectivity index (χ4n) is 2.63. The highest BCUT2D eigenvalue weighted by molar-refractivity contribution is 7.98. The number of hydrogen-bond donors (Lipinski definition) is 1. The zero-order chi connectivity index (χ0) is 15.0. The van der Waals surface area contributed by atoms with Gasteiger partial charge in [0.2, 0.25) is 0 Å². The van der Waals surface area contributed by atoms with Crippen LogP contribution in [0, 0.1) is 13.8 Å². The summed E-state index contributed by atoms with van der Waals surface area (Å²) in [6, 6.07) is 0. The molecule has 1 N–H and O–H groups in total. The van der Waals surface area contributed by atoms with Crippen LogP contribution in [0.1, 0.15) is 33.1 Å².